The first-order valence-corrected chi connectivity index (χ1v) is 8.90. The summed E-state index contributed by atoms with van der Waals surface area (Å²) in [6, 6.07) is 5.94. The number of carbonyl (C=O) groups is 1. The summed E-state index contributed by atoms with van der Waals surface area (Å²) < 4.78 is 24.3. The molecule has 0 spiro atoms. The number of amidine groups is 1. The lowest BCUT2D eigenvalue weighted by atomic mass is 10.4. The Morgan fingerprint density at radius 2 is 2.05 bits per heavy atom. The minimum Gasteiger partial charge on any atom is -0.303 e. The maximum absolute atomic E-state index is 12.2. The van der Waals surface area contributed by atoms with Crippen molar-refractivity contribution in [3.05, 3.63) is 29.3 Å². The van der Waals surface area contributed by atoms with Crippen LogP contribution in [-0.2, 0) is 14.6 Å². The van der Waals surface area contributed by atoms with Crippen LogP contribution in [-0.4, -0.2) is 36.7 Å². The number of sulfone groups is 1. The maximum atomic E-state index is 12.2. The third kappa shape index (κ3) is 4.55. The lowest BCUT2D eigenvalue weighted by molar-refractivity contribution is -0.116. The van der Waals surface area contributed by atoms with Gasteiger partial charge in [-0.15, -0.1) is 5.10 Å². The Morgan fingerprint density at radius 3 is 2.62 bits per heavy atom. The van der Waals surface area contributed by atoms with Crippen LogP contribution >= 0.6 is 23.4 Å². The highest BCUT2D eigenvalue weighted by Crippen LogP contribution is 2.16. The third-order valence-electron chi connectivity index (χ3n) is 2.47. The molecule has 1 heterocycles. The summed E-state index contributed by atoms with van der Waals surface area (Å²) in [4.78, 5) is 11.1. The van der Waals surface area contributed by atoms with Crippen LogP contribution in [0.2, 0.25) is 5.02 Å². The van der Waals surface area contributed by atoms with E-state index in [9.17, 15) is 13.2 Å². The van der Waals surface area contributed by atoms with E-state index in [2.05, 4.69) is 15.5 Å². The predicted molar refractivity (Wildman–Crippen MR) is 84.6 cm³/mol. The average Bonchev–Trinajstić information content (AvgIpc) is 2.82. The van der Waals surface area contributed by atoms with Gasteiger partial charge in [0.1, 0.15) is 0 Å². The molecule has 0 radical (unpaired) electrons. The fraction of sp³-hybridized carbons (Fsp3) is 0.250. The number of nitrogens with one attached hydrogen (secondary N) is 1. The molecule has 1 saturated heterocycles. The van der Waals surface area contributed by atoms with Gasteiger partial charge in [-0.05, 0) is 31.2 Å². The second-order valence-electron chi connectivity index (χ2n) is 4.29. The van der Waals surface area contributed by atoms with Crippen LogP contribution in [0.4, 0.5) is 0 Å². The number of hydrogen-bond donors (Lipinski definition) is 1. The largest absolute Gasteiger partial charge is 0.303 e. The number of halogens is 1. The van der Waals surface area contributed by atoms with Crippen molar-refractivity contribution < 1.29 is 13.2 Å². The third-order valence-corrected chi connectivity index (χ3v) is 5.37. The number of amides is 1. The molecule has 6 nitrogen and oxygen atoms in total. The van der Waals surface area contributed by atoms with Crippen molar-refractivity contribution in [1.82, 2.24) is 5.32 Å². The lowest BCUT2D eigenvalue weighted by Gasteiger charge is -2.03. The summed E-state index contributed by atoms with van der Waals surface area (Å²) in [5.41, 5.74) is 0.333. The zero-order valence-electron chi connectivity index (χ0n) is 11.0. The van der Waals surface area contributed by atoms with Gasteiger partial charge in [0.2, 0.25) is 5.91 Å². The van der Waals surface area contributed by atoms with Gasteiger partial charge in [-0.2, -0.15) is 5.10 Å². The van der Waals surface area contributed by atoms with Gasteiger partial charge in [0.25, 0.3) is 0 Å². The molecule has 1 amide bonds. The molecule has 0 aliphatic carbocycles. The first kappa shape index (κ1) is 16.0. The minimum atomic E-state index is -3.49. The molecule has 0 saturated carbocycles. The highest BCUT2D eigenvalue weighted by Gasteiger charge is 2.18. The van der Waals surface area contributed by atoms with Crippen molar-refractivity contribution in [3.63, 3.8) is 0 Å². The molecule has 0 unspecified atom stereocenters. The van der Waals surface area contributed by atoms with E-state index in [1.54, 1.807) is 6.92 Å². The van der Waals surface area contributed by atoms with Crippen molar-refractivity contribution in [1.29, 1.82) is 0 Å². The SMILES string of the molecule is CC(CS(=O)(=O)c1ccc(Cl)cc1)=N/N=C1/NC(=O)CS1. The highest BCUT2D eigenvalue weighted by molar-refractivity contribution is 8.15. The summed E-state index contributed by atoms with van der Waals surface area (Å²) in [7, 11) is -3.49. The zero-order valence-corrected chi connectivity index (χ0v) is 13.4. The van der Waals surface area contributed by atoms with Crippen LogP contribution < -0.4 is 5.32 Å². The fourth-order valence-electron chi connectivity index (χ4n) is 1.54. The standard InChI is InChI=1S/C12H12ClN3O3S2/c1-8(15-16-12-14-11(17)6-20-12)7-21(18,19)10-4-2-9(13)3-5-10/h2-5H,6-7H2,1H3,(H,14,16,17). The van der Waals surface area contributed by atoms with E-state index in [0.29, 0.717) is 21.7 Å². The Bertz CT molecular complexity index is 712. The Morgan fingerprint density at radius 1 is 1.38 bits per heavy atom. The van der Waals surface area contributed by atoms with Crippen LogP contribution in [0.5, 0.6) is 0 Å². The summed E-state index contributed by atoms with van der Waals surface area (Å²) >= 11 is 6.96. The summed E-state index contributed by atoms with van der Waals surface area (Å²) in [6.45, 7) is 1.57. The highest BCUT2D eigenvalue weighted by atomic mass is 35.5. The van der Waals surface area contributed by atoms with Gasteiger partial charge in [0.05, 0.1) is 22.1 Å². The molecule has 1 aromatic rings. The Balaban J connectivity index is 2.09. The monoisotopic (exact) mass is 345 g/mol. The Kier molecular flexibility index (Phi) is 5.02. The van der Waals surface area contributed by atoms with E-state index in [0.717, 1.165) is 0 Å². The molecule has 1 aromatic carbocycles. The van der Waals surface area contributed by atoms with E-state index < -0.39 is 9.84 Å². The van der Waals surface area contributed by atoms with Gasteiger partial charge in [-0.1, -0.05) is 23.4 Å². The number of thioether (sulfide) groups is 1. The molecule has 0 aromatic heterocycles. The number of carbonyl (C=O) groups excluding carboxylic acids is 1. The number of benzene rings is 1. The quantitative estimate of drug-likeness (QED) is 0.664. The first-order chi connectivity index (χ1) is 9.87. The van der Waals surface area contributed by atoms with E-state index in [4.69, 9.17) is 11.6 Å². The second kappa shape index (κ2) is 6.59. The molecule has 112 valence electrons. The molecular formula is C12H12ClN3O3S2. The van der Waals surface area contributed by atoms with Crippen LogP contribution in [0, 0.1) is 0 Å². The smallest absolute Gasteiger partial charge is 0.236 e. The molecule has 1 aliphatic rings. The minimum absolute atomic E-state index is 0.139. The molecule has 0 bridgehead atoms. The number of rotatable bonds is 4. The van der Waals surface area contributed by atoms with Gasteiger partial charge in [-0.25, -0.2) is 8.42 Å². The number of hydrogen-bond acceptors (Lipinski definition) is 6. The second-order valence-corrected chi connectivity index (χ2v) is 7.68. The van der Waals surface area contributed by atoms with Crippen molar-refractivity contribution in [3.8, 4) is 0 Å². The van der Waals surface area contributed by atoms with Crippen molar-refractivity contribution >= 4 is 50.0 Å². The van der Waals surface area contributed by atoms with Crippen LogP contribution in [0.3, 0.4) is 0 Å². The molecule has 1 fully saturated rings. The summed E-state index contributed by atoms with van der Waals surface area (Å²) in [6.07, 6.45) is 0. The Labute approximate surface area is 131 Å². The van der Waals surface area contributed by atoms with E-state index in [1.165, 1.54) is 36.0 Å². The van der Waals surface area contributed by atoms with Gasteiger partial charge < -0.3 is 5.32 Å². The Hall–Kier alpha value is -1.38. The summed E-state index contributed by atoms with van der Waals surface area (Å²) in [5.74, 6) is -0.0825. The molecule has 2 rings (SSSR count). The van der Waals surface area contributed by atoms with Crippen LogP contribution in [0.15, 0.2) is 39.4 Å². The fourth-order valence-corrected chi connectivity index (χ4v) is 3.61. The van der Waals surface area contributed by atoms with Gasteiger partial charge in [0, 0.05) is 5.02 Å². The first-order valence-electron chi connectivity index (χ1n) is 5.89. The molecule has 1 N–H and O–H groups in total. The van der Waals surface area contributed by atoms with E-state index >= 15 is 0 Å². The van der Waals surface area contributed by atoms with E-state index in [1.807, 2.05) is 0 Å². The van der Waals surface area contributed by atoms with Gasteiger partial charge >= 0.3 is 0 Å². The van der Waals surface area contributed by atoms with Crippen molar-refractivity contribution in [2.75, 3.05) is 11.5 Å². The lowest BCUT2D eigenvalue weighted by Crippen LogP contribution is -2.20. The zero-order chi connectivity index (χ0) is 15.5. The summed E-state index contributed by atoms with van der Waals surface area (Å²) in [5, 5.41) is 11.0. The van der Waals surface area contributed by atoms with Crippen LogP contribution in [0.25, 0.3) is 0 Å². The molecule has 1 aliphatic heterocycles. The van der Waals surface area contributed by atoms with Gasteiger partial charge in [-0.3, -0.25) is 4.79 Å². The predicted octanol–water partition coefficient (Wildman–Crippen LogP) is 1.71. The van der Waals surface area contributed by atoms with Crippen LogP contribution in [0.1, 0.15) is 6.92 Å². The average molecular weight is 346 g/mol. The van der Waals surface area contributed by atoms with Crippen molar-refractivity contribution in [2.24, 2.45) is 10.2 Å². The van der Waals surface area contributed by atoms with E-state index in [-0.39, 0.29) is 16.6 Å². The molecule has 9 heteroatoms. The van der Waals surface area contributed by atoms with Gasteiger partial charge in [0.15, 0.2) is 15.0 Å². The topological polar surface area (TPSA) is 88.0 Å². The van der Waals surface area contributed by atoms with Crippen molar-refractivity contribution in [2.45, 2.75) is 11.8 Å². The molecule has 21 heavy (non-hydrogen) atoms. The molecule has 0 atom stereocenters. The normalized spacial score (nSPS) is 18.1. The number of nitrogens with zero attached hydrogens (tertiary/aromatic N) is 2. The molecular weight excluding hydrogens is 334 g/mol. The maximum Gasteiger partial charge on any atom is 0.236 e.